The molecule has 0 unspecified atom stereocenters. The van der Waals surface area contributed by atoms with E-state index in [4.69, 9.17) is 16.3 Å². The van der Waals surface area contributed by atoms with Gasteiger partial charge in [-0.25, -0.2) is 9.37 Å². The van der Waals surface area contributed by atoms with Crippen molar-refractivity contribution in [3.8, 4) is 5.75 Å². The number of hydrogen-bond acceptors (Lipinski definition) is 2. The highest BCUT2D eigenvalue weighted by atomic mass is 35.5. The molecule has 2 rings (SSSR count). The second kappa shape index (κ2) is 4.49. The first kappa shape index (κ1) is 12.1. The van der Waals surface area contributed by atoms with Crippen LogP contribution in [0, 0.1) is 5.82 Å². The van der Waals surface area contributed by atoms with Gasteiger partial charge in [-0.2, -0.15) is 0 Å². The average molecular weight is 254 g/mol. The first-order valence-electron chi connectivity index (χ1n) is 5.36. The minimum atomic E-state index is -0.340. The van der Waals surface area contributed by atoms with Crippen molar-refractivity contribution in [1.82, 2.24) is 4.98 Å². The van der Waals surface area contributed by atoms with Gasteiger partial charge in [-0.3, -0.25) is 0 Å². The topological polar surface area (TPSA) is 22.1 Å². The Bertz CT molecular complexity index is 569. The zero-order valence-corrected chi connectivity index (χ0v) is 10.7. The fourth-order valence-corrected chi connectivity index (χ4v) is 2.13. The Kier molecular flexibility index (Phi) is 3.20. The first-order chi connectivity index (χ1) is 8.02. The molecule has 0 aliphatic heterocycles. The zero-order valence-electron chi connectivity index (χ0n) is 9.92. The molecule has 0 aliphatic carbocycles. The van der Waals surface area contributed by atoms with E-state index in [2.05, 4.69) is 4.98 Å². The molecule has 0 bridgehead atoms. The van der Waals surface area contributed by atoms with Crippen LogP contribution in [0.25, 0.3) is 10.9 Å². The van der Waals surface area contributed by atoms with Crippen LogP contribution < -0.4 is 4.74 Å². The highest BCUT2D eigenvalue weighted by Gasteiger charge is 2.12. The average Bonchev–Trinajstić information content (AvgIpc) is 2.27. The Morgan fingerprint density at radius 2 is 2.00 bits per heavy atom. The van der Waals surface area contributed by atoms with Gasteiger partial charge in [-0.05, 0) is 23.6 Å². The minimum absolute atomic E-state index is 0.244. The highest BCUT2D eigenvalue weighted by Crippen LogP contribution is 2.31. The molecule has 0 amide bonds. The van der Waals surface area contributed by atoms with Gasteiger partial charge in [-0.1, -0.05) is 25.4 Å². The number of fused-ring (bicyclic) bond motifs is 1. The van der Waals surface area contributed by atoms with E-state index in [1.165, 1.54) is 19.2 Å². The Morgan fingerprint density at radius 3 is 2.59 bits per heavy atom. The summed E-state index contributed by atoms with van der Waals surface area (Å²) >= 11 is 6.11. The molecule has 0 atom stereocenters. The van der Waals surface area contributed by atoms with E-state index in [1.807, 2.05) is 19.9 Å². The van der Waals surface area contributed by atoms with Crippen LogP contribution >= 0.6 is 11.6 Å². The summed E-state index contributed by atoms with van der Waals surface area (Å²) in [6, 6.07) is 4.61. The molecule has 4 heteroatoms. The van der Waals surface area contributed by atoms with E-state index in [0.29, 0.717) is 21.8 Å². The number of nitrogens with zero attached hydrogens (tertiary/aromatic N) is 1. The number of halogens is 2. The predicted octanol–water partition coefficient (Wildman–Crippen LogP) is 4.16. The van der Waals surface area contributed by atoms with Crippen molar-refractivity contribution < 1.29 is 9.13 Å². The van der Waals surface area contributed by atoms with Gasteiger partial charge in [0.2, 0.25) is 0 Å². The van der Waals surface area contributed by atoms with E-state index in [9.17, 15) is 4.39 Å². The molecule has 0 fully saturated rings. The Morgan fingerprint density at radius 1 is 1.29 bits per heavy atom. The van der Waals surface area contributed by atoms with Crippen molar-refractivity contribution in [3.05, 3.63) is 34.7 Å². The van der Waals surface area contributed by atoms with E-state index in [0.717, 1.165) is 5.56 Å². The van der Waals surface area contributed by atoms with Gasteiger partial charge in [0, 0.05) is 11.5 Å². The maximum Gasteiger partial charge on any atom is 0.148 e. The number of methoxy groups -OCH3 is 1. The second-order valence-electron chi connectivity index (χ2n) is 4.20. The number of rotatable bonds is 2. The molecule has 0 aliphatic rings. The largest absolute Gasteiger partial charge is 0.494 e. The SMILES string of the molecule is COc1cc(F)cc2cc(C(C)C)c(Cl)nc12. The van der Waals surface area contributed by atoms with E-state index in [1.54, 1.807) is 0 Å². The van der Waals surface area contributed by atoms with Crippen LogP contribution in [-0.2, 0) is 0 Å². The van der Waals surface area contributed by atoms with Crippen LogP contribution in [0.2, 0.25) is 5.15 Å². The molecule has 0 saturated carbocycles. The van der Waals surface area contributed by atoms with Crippen LogP contribution in [0.1, 0.15) is 25.3 Å². The standard InChI is InChI=1S/C13H13ClFNO/c1-7(2)10-5-8-4-9(15)6-11(17-3)12(8)16-13(10)14/h4-7H,1-3H3. The van der Waals surface area contributed by atoms with Crippen LogP contribution in [0.5, 0.6) is 5.75 Å². The van der Waals surface area contributed by atoms with Gasteiger partial charge in [0.05, 0.1) is 7.11 Å². The number of benzene rings is 1. The number of ether oxygens (including phenoxy) is 1. The molecule has 2 aromatic rings. The van der Waals surface area contributed by atoms with Gasteiger partial charge >= 0.3 is 0 Å². The van der Waals surface area contributed by atoms with Gasteiger partial charge in [0.15, 0.2) is 0 Å². The molecule has 0 N–H and O–H groups in total. The van der Waals surface area contributed by atoms with Crippen molar-refractivity contribution in [2.45, 2.75) is 19.8 Å². The summed E-state index contributed by atoms with van der Waals surface area (Å²) in [5.74, 6) is 0.305. The van der Waals surface area contributed by atoms with Crippen LogP contribution in [0.15, 0.2) is 18.2 Å². The summed E-state index contributed by atoms with van der Waals surface area (Å²) in [5, 5.41) is 1.15. The molecule has 0 saturated heterocycles. The van der Waals surface area contributed by atoms with Crippen LogP contribution in [0.4, 0.5) is 4.39 Å². The van der Waals surface area contributed by atoms with Crippen molar-refractivity contribution >= 4 is 22.5 Å². The summed E-state index contributed by atoms with van der Waals surface area (Å²) in [7, 11) is 1.49. The summed E-state index contributed by atoms with van der Waals surface area (Å²) in [6.07, 6.45) is 0. The Hall–Kier alpha value is -1.35. The maximum absolute atomic E-state index is 13.4. The van der Waals surface area contributed by atoms with Crippen molar-refractivity contribution in [3.63, 3.8) is 0 Å². The molecule has 17 heavy (non-hydrogen) atoms. The summed E-state index contributed by atoms with van der Waals surface area (Å²) in [5.41, 5.74) is 1.50. The molecule has 90 valence electrons. The van der Waals surface area contributed by atoms with Gasteiger partial charge in [-0.15, -0.1) is 0 Å². The molecule has 1 heterocycles. The quantitative estimate of drug-likeness (QED) is 0.750. The fraction of sp³-hybridized carbons (Fsp3) is 0.308. The summed E-state index contributed by atoms with van der Waals surface area (Å²) < 4.78 is 18.5. The molecule has 1 aromatic heterocycles. The minimum Gasteiger partial charge on any atom is -0.494 e. The lowest BCUT2D eigenvalue weighted by atomic mass is 10.0. The molecule has 1 aromatic carbocycles. The molecule has 0 radical (unpaired) electrons. The first-order valence-corrected chi connectivity index (χ1v) is 5.74. The normalized spacial score (nSPS) is 11.2. The lowest BCUT2D eigenvalue weighted by molar-refractivity contribution is 0.415. The van der Waals surface area contributed by atoms with Gasteiger partial charge in [0.25, 0.3) is 0 Å². The highest BCUT2D eigenvalue weighted by molar-refractivity contribution is 6.30. The summed E-state index contributed by atoms with van der Waals surface area (Å²) in [6.45, 7) is 4.04. The smallest absolute Gasteiger partial charge is 0.148 e. The van der Waals surface area contributed by atoms with Gasteiger partial charge in [0.1, 0.15) is 22.2 Å². The lowest BCUT2D eigenvalue weighted by Gasteiger charge is -2.11. The maximum atomic E-state index is 13.4. The molecule has 0 spiro atoms. The van der Waals surface area contributed by atoms with Crippen molar-refractivity contribution in [2.75, 3.05) is 7.11 Å². The van der Waals surface area contributed by atoms with Crippen molar-refractivity contribution in [2.24, 2.45) is 0 Å². The van der Waals surface area contributed by atoms with Crippen molar-refractivity contribution in [1.29, 1.82) is 0 Å². The van der Waals surface area contributed by atoms with E-state index < -0.39 is 0 Å². The lowest BCUT2D eigenvalue weighted by Crippen LogP contribution is -1.95. The summed E-state index contributed by atoms with van der Waals surface area (Å²) in [4.78, 5) is 4.28. The fourth-order valence-electron chi connectivity index (χ4n) is 1.77. The number of hydrogen-bond donors (Lipinski definition) is 0. The van der Waals surface area contributed by atoms with Gasteiger partial charge < -0.3 is 4.74 Å². The van der Waals surface area contributed by atoms with Crippen LogP contribution in [-0.4, -0.2) is 12.1 Å². The third-order valence-corrected chi connectivity index (χ3v) is 2.97. The zero-order chi connectivity index (χ0) is 12.6. The Labute approximate surface area is 104 Å². The molecule has 2 nitrogen and oxygen atoms in total. The predicted molar refractivity (Wildman–Crippen MR) is 67.4 cm³/mol. The third kappa shape index (κ3) is 2.20. The molecular formula is C13H13ClFNO. The van der Waals surface area contributed by atoms with E-state index in [-0.39, 0.29) is 11.7 Å². The second-order valence-corrected chi connectivity index (χ2v) is 4.56. The Balaban J connectivity index is 2.78. The van der Waals surface area contributed by atoms with E-state index >= 15 is 0 Å². The number of pyridine rings is 1. The number of aromatic nitrogens is 1. The third-order valence-electron chi connectivity index (χ3n) is 2.67. The van der Waals surface area contributed by atoms with Crippen LogP contribution in [0.3, 0.4) is 0 Å². The monoisotopic (exact) mass is 253 g/mol. The molecular weight excluding hydrogens is 241 g/mol.